The van der Waals surface area contributed by atoms with E-state index in [4.69, 9.17) is 14.2 Å². The van der Waals surface area contributed by atoms with Gasteiger partial charge in [0.25, 0.3) is 0 Å². The summed E-state index contributed by atoms with van der Waals surface area (Å²) in [7, 11) is 0. The third-order valence-corrected chi connectivity index (χ3v) is 10.5. The van der Waals surface area contributed by atoms with Crippen molar-refractivity contribution in [2.24, 2.45) is 34.0 Å². The number of ketones is 1. The topological polar surface area (TPSA) is 107 Å². The molecular weight excluding hydrogens is 386 g/mol. The fourth-order valence-corrected chi connectivity index (χ4v) is 9.65. The zero-order chi connectivity index (χ0) is 21.1. The van der Waals surface area contributed by atoms with Gasteiger partial charge in [-0.25, -0.2) is 0 Å². The van der Waals surface area contributed by atoms with Crippen LogP contribution in [0.25, 0.3) is 0 Å². The molecule has 30 heavy (non-hydrogen) atoms. The number of Topliss-reactive ketones (excluding diaryl/α,β-unsaturated/α-hetero) is 1. The highest BCUT2D eigenvalue weighted by atomic mass is 16.8. The van der Waals surface area contributed by atoms with E-state index in [1.54, 1.807) is 0 Å². The van der Waals surface area contributed by atoms with Gasteiger partial charge in [-0.3, -0.25) is 4.79 Å². The van der Waals surface area contributed by atoms with Crippen LogP contribution in [0.2, 0.25) is 0 Å². The Morgan fingerprint density at radius 3 is 2.53 bits per heavy atom. The summed E-state index contributed by atoms with van der Waals surface area (Å²) in [4.78, 5) is 14.3. The van der Waals surface area contributed by atoms with Crippen molar-refractivity contribution in [2.75, 3.05) is 13.2 Å². The smallest absolute Gasteiger partial charge is 0.213 e. The van der Waals surface area contributed by atoms with E-state index < -0.39 is 40.2 Å². The highest BCUT2D eigenvalue weighted by Crippen LogP contribution is 2.80. The molecule has 1 unspecified atom stereocenters. The summed E-state index contributed by atoms with van der Waals surface area (Å²) in [5, 5.41) is 26.9. The van der Waals surface area contributed by atoms with Crippen LogP contribution in [0.3, 0.4) is 0 Å². The van der Waals surface area contributed by atoms with E-state index in [0.29, 0.717) is 19.6 Å². The highest BCUT2D eigenvalue weighted by Gasteiger charge is 2.93. The molecular formula is C23H33NO6. The predicted molar refractivity (Wildman–Crippen MR) is 104 cm³/mol. The Labute approximate surface area is 176 Å². The second-order valence-corrected chi connectivity index (χ2v) is 12.3. The van der Waals surface area contributed by atoms with E-state index in [0.717, 1.165) is 19.3 Å². The Bertz CT molecular complexity index is 868. The molecule has 8 rings (SSSR count). The molecule has 0 amide bonds. The summed E-state index contributed by atoms with van der Waals surface area (Å²) in [6.07, 6.45) is 1.26. The summed E-state index contributed by atoms with van der Waals surface area (Å²) in [6, 6.07) is 0. The minimum Gasteiger partial charge on any atom is -0.392 e. The first-order chi connectivity index (χ1) is 14.0. The third-order valence-electron chi connectivity index (χ3n) is 10.5. The molecule has 7 heteroatoms. The van der Waals surface area contributed by atoms with E-state index in [1.165, 1.54) is 0 Å². The van der Waals surface area contributed by atoms with Gasteiger partial charge in [0.15, 0.2) is 11.6 Å². The van der Waals surface area contributed by atoms with Crippen molar-refractivity contribution in [3.8, 4) is 0 Å². The number of carbonyl (C=O) groups is 1. The fraction of sp³-hybridized carbons (Fsp3) is 0.957. The molecule has 3 N–H and O–H groups in total. The van der Waals surface area contributed by atoms with Gasteiger partial charge in [0.1, 0.15) is 11.5 Å². The van der Waals surface area contributed by atoms with Crippen molar-refractivity contribution in [1.29, 1.82) is 0 Å². The monoisotopic (exact) mass is 419 g/mol. The third kappa shape index (κ3) is 1.57. The van der Waals surface area contributed by atoms with Crippen molar-refractivity contribution in [3.05, 3.63) is 0 Å². The number of ether oxygens (including phenoxy) is 3. The second kappa shape index (κ2) is 4.85. The second-order valence-electron chi connectivity index (χ2n) is 12.3. The number of hydrogen-bond acceptors (Lipinski definition) is 7. The van der Waals surface area contributed by atoms with Crippen LogP contribution in [0, 0.1) is 34.0 Å². The number of rotatable bonds is 0. The van der Waals surface area contributed by atoms with Crippen LogP contribution in [0.1, 0.15) is 53.4 Å². The molecule has 4 spiro atoms. The maximum absolute atomic E-state index is 14.3. The van der Waals surface area contributed by atoms with Crippen LogP contribution in [0.4, 0.5) is 0 Å². The first kappa shape index (κ1) is 18.9. The molecule has 166 valence electrons. The SMILES string of the molecule is CC1(C)O[C@@H]2[C@H]3CC[C@H]4[C@@]56CO[C@@](O1)([C@@H](O)[C@@H]5C(C)(C)CC[C@@H]6O)[C@@]24C(=O)C31CN1. The van der Waals surface area contributed by atoms with Crippen LogP contribution >= 0.6 is 0 Å². The van der Waals surface area contributed by atoms with Crippen molar-refractivity contribution in [3.63, 3.8) is 0 Å². The predicted octanol–water partition coefficient (Wildman–Crippen LogP) is 0.960. The molecule has 0 aromatic heterocycles. The molecule has 4 aliphatic carbocycles. The molecule has 4 bridgehead atoms. The molecule has 0 aromatic rings. The molecule has 0 aromatic carbocycles. The molecule has 4 heterocycles. The highest BCUT2D eigenvalue weighted by molar-refractivity contribution is 6.02. The van der Waals surface area contributed by atoms with Crippen LogP contribution in [-0.4, -0.2) is 64.6 Å². The summed E-state index contributed by atoms with van der Waals surface area (Å²) in [5.41, 5.74) is -2.50. The number of hydrogen-bond donors (Lipinski definition) is 3. The minimum absolute atomic E-state index is 0.0556. The lowest BCUT2D eigenvalue weighted by molar-refractivity contribution is -0.534. The lowest BCUT2D eigenvalue weighted by Gasteiger charge is -2.77. The summed E-state index contributed by atoms with van der Waals surface area (Å²) < 4.78 is 19.6. The lowest BCUT2D eigenvalue weighted by atomic mass is 9.35. The number of nitrogens with one attached hydrogen (secondary N) is 1. The number of fused-ring (bicyclic) bond motifs is 2. The van der Waals surface area contributed by atoms with Crippen LogP contribution in [-0.2, 0) is 19.0 Å². The summed E-state index contributed by atoms with van der Waals surface area (Å²) in [5.74, 6) is -2.55. The fourth-order valence-electron chi connectivity index (χ4n) is 9.65. The van der Waals surface area contributed by atoms with Gasteiger partial charge in [-0.05, 0) is 50.9 Å². The number of aliphatic hydroxyl groups is 2. The minimum atomic E-state index is -1.42. The van der Waals surface area contributed by atoms with E-state index in [-0.39, 0.29) is 35.1 Å². The van der Waals surface area contributed by atoms with E-state index in [2.05, 4.69) is 19.2 Å². The molecule has 4 saturated heterocycles. The molecule has 4 saturated carbocycles. The first-order valence-electron chi connectivity index (χ1n) is 11.7. The van der Waals surface area contributed by atoms with Gasteiger partial charge in [0.2, 0.25) is 5.79 Å². The average molecular weight is 420 g/mol. The average Bonchev–Trinajstić information content (AvgIpc) is 3.45. The quantitative estimate of drug-likeness (QED) is 0.502. The van der Waals surface area contributed by atoms with Crippen molar-refractivity contribution >= 4 is 5.78 Å². The van der Waals surface area contributed by atoms with Gasteiger partial charge in [-0.2, -0.15) is 0 Å². The largest absolute Gasteiger partial charge is 0.392 e. The van der Waals surface area contributed by atoms with Crippen LogP contribution in [0.5, 0.6) is 0 Å². The zero-order valence-electron chi connectivity index (χ0n) is 18.2. The summed E-state index contributed by atoms with van der Waals surface area (Å²) >= 11 is 0. The first-order valence-corrected chi connectivity index (χ1v) is 11.7. The molecule has 8 aliphatic rings. The van der Waals surface area contributed by atoms with Crippen molar-refractivity contribution in [1.82, 2.24) is 5.32 Å². The molecule has 0 radical (unpaired) electrons. The van der Waals surface area contributed by atoms with Gasteiger partial charge in [0.05, 0.1) is 24.4 Å². The van der Waals surface area contributed by atoms with Crippen molar-refractivity contribution < 1.29 is 29.2 Å². The zero-order valence-corrected chi connectivity index (χ0v) is 18.2. The number of carbonyl (C=O) groups excluding carboxylic acids is 1. The normalized spacial score (nSPS) is 63.5. The van der Waals surface area contributed by atoms with Gasteiger partial charge in [0, 0.05) is 23.8 Å². The van der Waals surface area contributed by atoms with Crippen molar-refractivity contribution in [2.45, 2.75) is 88.8 Å². The Morgan fingerprint density at radius 2 is 1.83 bits per heavy atom. The van der Waals surface area contributed by atoms with Gasteiger partial charge >= 0.3 is 0 Å². The van der Waals surface area contributed by atoms with Crippen LogP contribution < -0.4 is 5.32 Å². The Balaban J connectivity index is 1.55. The Morgan fingerprint density at radius 1 is 1.10 bits per heavy atom. The standard InChI is InChI=1S/C23H33NO6/c1-18(2)8-7-13(25)20-10-28-23(15(26)14(18)20)22-12(20)6-5-11(21(9-24-21)17(22)27)16(22)29-19(3,4)30-23/h11-16,24-26H,5-10H2,1-4H3/t11-,12+,13+,14-,15+,16-,20-,21?,22-,23-/m1/s1. The van der Waals surface area contributed by atoms with Gasteiger partial charge in [-0.15, -0.1) is 0 Å². The van der Waals surface area contributed by atoms with E-state index in [9.17, 15) is 15.0 Å². The Kier molecular flexibility index (Phi) is 3.06. The molecule has 4 aliphatic heterocycles. The van der Waals surface area contributed by atoms with Crippen LogP contribution in [0.15, 0.2) is 0 Å². The Hall–Kier alpha value is -0.570. The van der Waals surface area contributed by atoms with E-state index >= 15 is 0 Å². The van der Waals surface area contributed by atoms with E-state index in [1.807, 2.05) is 13.8 Å². The maximum atomic E-state index is 14.3. The molecule has 8 fully saturated rings. The summed E-state index contributed by atoms with van der Waals surface area (Å²) in [6.45, 7) is 9.08. The van der Waals surface area contributed by atoms with Gasteiger partial charge < -0.3 is 29.7 Å². The lowest BCUT2D eigenvalue weighted by Crippen LogP contribution is -2.88. The maximum Gasteiger partial charge on any atom is 0.213 e. The number of aliphatic hydroxyl groups excluding tert-OH is 2. The molecule has 7 nitrogen and oxygen atoms in total. The molecule has 10 atom stereocenters. The van der Waals surface area contributed by atoms with Gasteiger partial charge in [-0.1, -0.05) is 13.8 Å².